The number of nitrogens with zero attached hydrogens (tertiary/aromatic N) is 3. The Morgan fingerprint density at radius 2 is 1.86 bits per heavy atom. The van der Waals surface area contributed by atoms with Gasteiger partial charge in [-0.25, -0.2) is 9.79 Å². The van der Waals surface area contributed by atoms with E-state index in [1.807, 2.05) is 31.2 Å². The van der Waals surface area contributed by atoms with Crippen molar-refractivity contribution in [2.24, 2.45) is 4.99 Å². The number of carbonyl (C=O) groups excluding carboxylic acids is 1. The number of carbonyl (C=O) groups is 1. The van der Waals surface area contributed by atoms with Crippen molar-refractivity contribution < 1.29 is 19.2 Å². The van der Waals surface area contributed by atoms with Crippen LogP contribution in [0, 0.1) is 10.1 Å². The van der Waals surface area contributed by atoms with Gasteiger partial charge in [0.15, 0.2) is 4.80 Å². The second-order valence-electron chi connectivity index (χ2n) is 8.80. The molecule has 0 spiro atoms. The molecule has 1 aliphatic heterocycles. The number of hydrogen-bond acceptors (Lipinski definition) is 8. The Balaban J connectivity index is 1.85. The van der Waals surface area contributed by atoms with Gasteiger partial charge in [0.05, 0.1) is 39.5 Å². The second-order valence-corrected chi connectivity index (χ2v) is 9.81. The minimum Gasteiger partial charge on any atom is -0.494 e. The van der Waals surface area contributed by atoms with Crippen LogP contribution >= 0.6 is 11.3 Å². The molecule has 0 aliphatic carbocycles. The molecule has 0 bridgehead atoms. The summed E-state index contributed by atoms with van der Waals surface area (Å²) in [5.41, 5.74) is 1.78. The molecular weight excluding hydrogens is 494 g/mol. The first-order valence-corrected chi connectivity index (χ1v) is 12.7. The van der Waals surface area contributed by atoms with Crippen molar-refractivity contribution in [3.05, 3.63) is 101 Å². The summed E-state index contributed by atoms with van der Waals surface area (Å²) < 4.78 is 13.1. The zero-order valence-corrected chi connectivity index (χ0v) is 21.8. The van der Waals surface area contributed by atoms with Crippen molar-refractivity contribution in [2.75, 3.05) is 6.61 Å². The number of esters is 1. The van der Waals surface area contributed by atoms with Gasteiger partial charge < -0.3 is 9.47 Å². The minimum absolute atomic E-state index is 0.0334. The summed E-state index contributed by atoms with van der Waals surface area (Å²) >= 11 is 1.19. The van der Waals surface area contributed by atoms with Crippen LogP contribution in [0.15, 0.2) is 69.6 Å². The molecule has 9 nitrogen and oxygen atoms in total. The number of nitro groups is 1. The van der Waals surface area contributed by atoms with Gasteiger partial charge in [0.25, 0.3) is 11.2 Å². The highest BCUT2D eigenvalue weighted by atomic mass is 32.1. The Morgan fingerprint density at radius 3 is 2.46 bits per heavy atom. The van der Waals surface area contributed by atoms with Crippen molar-refractivity contribution in [1.82, 2.24) is 4.57 Å². The SMILES string of the molecule is CCCOc1ccc(C2C(C(=O)OC(C)C)=C(C)N=c3sc(=Cc4ccc([N+](=O)[O-])cc4)c(=O)n32)cc1. The predicted octanol–water partition coefficient (Wildman–Crippen LogP) is 3.88. The van der Waals surface area contributed by atoms with E-state index in [0.717, 1.165) is 12.0 Å². The fourth-order valence-electron chi connectivity index (χ4n) is 3.99. The van der Waals surface area contributed by atoms with Crippen LogP contribution in [0.5, 0.6) is 5.75 Å². The molecule has 0 amide bonds. The van der Waals surface area contributed by atoms with E-state index in [9.17, 15) is 19.7 Å². The molecule has 2 heterocycles. The Labute approximate surface area is 217 Å². The van der Waals surface area contributed by atoms with Gasteiger partial charge in [0, 0.05) is 12.1 Å². The number of thiazole rings is 1. The predicted molar refractivity (Wildman–Crippen MR) is 140 cm³/mol. The molecule has 1 unspecified atom stereocenters. The van der Waals surface area contributed by atoms with Crippen LogP contribution < -0.4 is 19.6 Å². The van der Waals surface area contributed by atoms with Gasteiger partial charge >= 0.3 is 5.97 Å². The van der Waals surface area contributed by atoms with Crippen LogP contribution in [0.4, 0.5) is 5.69 Å². The molecule has 3 aromatic rings. The number of aromatic nitrogens is 1. The number of ether oxygens (including phenoxy) is 2. The molecular formula is C27H27N3O6S. The van der Waals surface area contributed by atoms with Gasteiger partial charge in [-0.3, -0.25) is 19.5 Å². The van der Waals surface area contributed by atoms with Gasteiger partial charge in [0.1, 0.15) is 5.75 Å². The third-order valence-corrected chi connectivity index (χ3v) is 6.64. The number of hydrogen-bond donors (Lipinski definition) is 0. The first kappa shape index (κ1) is 26.0. The summed E-state index contributed by atoms with van der Waals surface area (Å²) in [6.45, 7) is 7.87. The average molecular weight is 522 g/mol. The van der Waals surface area contributed by atoms with Crippen LogP contribution in [0.1, 0.15) is 51.3 Å². The van der Waals surface area contributed by atoms with E-state index >= 15 is 0 Å². The first-order valence-electron chi connectivity index (χ1n) is 11.9. The largest absolute Gasteiger partial charge is 0.494 e. The standard InChI is InChI=1S/C27H27N3O6S/c1-5-14-35-21-12-8-19(9-13-21)24-23(26(32)36-16(2)3)17(4)28-27-29(24)25(31)22(37-27)15-18-6-10-20(11-7-18)30(33)34/h6-13,15-16,24H,5,14H2,1-4H3. The fourth-order valence-corrected chi connectivity index (χ4v) is 5.03. The highest BCUT2D eigenvalue weighted by Crippen LogP contribution is 2.32. The number of benzene rings is 2. The lowest BCUT2D eigenvalue weighted by molar-refractivity contribution is -0.384. The topological polar surface area (TPSA) is 113 Å². The third kappa shape index (κ3) is 5.54. The van der Waals surface area contributed by atoms with Gasteiger partial charge in [-0.05, 0) is 68.7 Å². The van der Waals surface area contributed by atoms with E-state index in [1.54, 1.807) is 39.0 Å². The van der Waals surface area contributed by atoms with E-state index in [1.165, 1.54) is 28.0 Å². The molecule has 0 fully saturated rings. The van der Waals surface area contributed by atoms with E-state index in [4.69, 9.17) is 9.47 Å². The Hall–Kier alpha value is -4.05. The maximum atomic E-state index is 13.7. The summed E-state index contributed by atoms with van der Waals surface area (Å²) in [6.07, 6.45) is 2.20. The summed E-state index contributed by atoms with van der Waals surface area (Å²) in [5, 5.41) is 11.0. The number of rotatable bonds is 8. The number of fused-ring (bicyclic) bond motifs is 1. The highest BCUT2D eigenvalue weighted by molar-refractivity contribution is 7.07. The Kier molecular flexibility index (Phi) is 7.68. The molecule has 10 heteroatoms. The van der Waals surface area contributed by atoms with Crippen LogP contribution in [0.2, 0.25) is 0 Å². The van der Waals surface area contributed by atoms with Crippen molar-refractivity contribution >= 4 is 29.1 Å². The first-order chi connectivity index (χ1) is 17.7. The summed E-state index contributed by atoms with van der Waals surface area (Å²) in [4.78, 5) is 42.4. The molecule has 0 saturated heterocycles. The van der Waals surface area contributed by atoms with Crippen molar-refractivity contribution in [2.45, 2.75) is 46.3 Å². The maximum Gasteiger partial charge on any atom is 0.338 e. The lowest BCUT2D eigenvalue weighted by atomic mass is 9.96. The molecule has 0 radical (unpaired) electrons. The fraction of sp³-hybridized carbons (Fsp3) is 0.296. The molecule has 192 valence electrons. The molecule has 1 aliphatic rings. The molecule has 0 saturated carbocycles. The summed E-state index contributed by atoms with van der Waals surface area (Å²) in [5.74, 6) is 0.167. The maximum absolute atomic E-state index is 13.7. The Bertz CT molecular complexity index is 1530. The molecule has 1 aromatic heterocycles. The molecule has 0 N–H and O–H groups in total. The van der Waals surface area contributed by atoms with Gasteiger partial charge in [-0.15, -0.1) is 0 Å². The van der Waals surface area contributed by atoms with Crippen LogP contribution in [-0.4, -0.2) is 28.2 Å². The van der Waals surface area contributed by atoms with E-state index in [2.05, 4.69) is 4.99 Å². The van der Waals surface area contributed by atoms with E-state index in [0.29, 0.717) is 38.5 Å². The zero-order chi connectivity index (χ0) is 26.7. The van der Waals surface area contributed by atoms with E-state index < -0.39 is 16.9 Å². The molecule has 4 rings (SSSR count). The molecule has 2 aromatic carbocycles. The van der Waals surface area contributed by atoms with Crippen molar-refractivity contribution in [3.8, 4) is 5.75 Å². The smallest absolute Gasteiger partial charge is 0.338 e. The second kappa shape index (κ2) is 10.9. The van der Waals surface area contributed by atoms with Crippen molar-refractivity contribution in [3.63, 3.8) is 0 Å². The van der Waals surface area contributed by atoms with Crippen LogP contribution in [0.25, 0.3) is 6.08 Å². The zero-order valence-electron chi connectivity index (χ0n) is 21.0. The summed E-state index contributed by atoms with van der Waals surface area (Å²) in [7, 11) is 0. The average Bonchev–Trinajstić information content (AvgIpc) is 3.16. The third-order valence-electron chi connectivity index (χ3n) is 5.65. The monoisotopic (exact) mass is 521 g/mol. The molecule has 1 atom stereocenters. The van der Waals surface area contributed by atoms with Gasteiger partial charge in [-0.2, -0.15) is 0 Å². The lowest BCUT2D eigenvalue weighted by Crippen LogP contribution is -2.40. The van der Waals surface area contributed by atoms with Gasteiger partial charge in [0.2, 0.25) is 0 Å². The van der Waals surface area contributed by atoms with E-state index in [-0.39, 0.29) is 17.4 Å². The van der Waals surface area contributed by atoms with Gasteiger partial charge in [-0.1, -0.05) is 30.4 Å². The highest BCUT2D eigenvalue weighted by Gasteiger charge is 2.33. The summed E-state index contributed by atoms with van der Waals surface area (Å²) in [6, 6.07) is 12.5. The number of allylic oxidation sites excluding steroid dienone is 1. The quantitative estimate of drug-likeness (QED) is 0.253. The number of non-ortho nitro benzene ring substituents is 1. The normalized spacial score (nSPS) is 15.4. The van der Waals surface area contributed by atoms with Crippen LogP contribution in [-0.2, 0) is 9.53 Å². The minimum atomic E-state index is -0.735. The molecule has 37 heavy (non-hydrogen) atoms. The lowest BCUT2D eigenvalue weighted by Gasteiger charge is -2.25. The van der Waals surface area contributed by atoms with Crippen molar-refractivity contribution in [1.29, 1.82) is 0 Å². The Morgan fingerprint density at radius 1 is 1.19 bits per heavy atom. The number of nitro benzene ring substituents is 1. The van der Waals surface area contributed by atoms with Crippen LogP contribution in [0.3, 0.4) is 0 Å².